The van der Waals surface area contributed by atoms with E-state index in [0.29, 0.717) is 0 Å². The van der Waals surface area contributed by atoms with Crippen molar-refractivity contribution in [3.63, 3.8) is 0 Å². The Morgan fingerprint density at radius 3 is 2.29 bits per heavy atom. The van der Waals surface area contributed by atoms with Gasteiger partial charge in [0.2, 0.25) is 0 Å². The largest absolute Gasteiger partial charge is 0.455 e. The Kier molecular flexibility index (Phi) is 5.68. The van der Waals surface area contributed by atoms with Crippen molar-refractivity contribution in [2.24, 2.45) is 0 Å². The molecule has 2 aromatic carbocycles. The summed E-state index contributed by atoms with van der Waals surface area (Å²) < 4.78 is 17.9. The first-order valence-electron chi connectivity index (χ1n) is 7.63. The SMILES string of the molecule is CC(C)(C(=O)OCC(=O)NCc1ccc(F)cc1)c1ccccc1. The monoisotopic (exact) mass is 329 g/mol. The van der Waals surface area contributed by atoms with E-state index in [0.717, 1.165) is 11.1 Å². The molecule has 0 atom stereocenters. The van der Waals surface area contributed by atoms with E-state index in [1.807, 2.05) is 30.3 Å². The molecule has 5 heteroatoms. The molecule has 0 aliphatic rings. The molecule has 0 aromatic heterocycles. The number of ether oxygens (including phenoxy) is 1. The quantitative estimate of drug-likeness (QED) is 0.829. The molecule has 2 aromatic rings. The van der Waals surface area contributed by atoms with Gasteiger partial charge in [0, 0.05) is 6.54 Å². The molecule has 1 amide bonds. The summed E-state index contributed by atoms with van der Waals surface area (Å²) in [5.74, 6) is -1.20. The second-order valence-electron chi connectivity index (χ2n) is 5.97. The molecule has 0 aliphatic carbocycles. The van der Waals surface area contributed by atoms with Gasteiger partial charge in [-0.1, -0.05) is 42.5 Å². The minimum atomic E-state index is -0.835. The molecule has 2 rings (SSSR count). The highest BCUT2D eigenvalue weighted by Gasteiger charge is 2.31. The maximum absolute atomic E-state index is 12.8. The number of carbonyl (C=O) groups excluding carboxylic acids is 2. The van der Waals surface area contributed by atoms with E-state index >= 15 is 0 Å². The predicted octanol–water partition coefficient (Wildman–Crippen LogP) is 2.96. The summed E-state index contributed by atoms with van der Waals surface area (Å²) in [4.78, 5) is 24.0. The Hall–Kier alpha value is -2.69. The first-order chi connectivity index (χ1) is 11.4. The number of rotatable bonds is 6. The first kappa shape index (κ1) is 17.7. The fraction of sp³-hybridized carbons (Fsp3) is 0.263. The topological polar surface area (TPSA) is 55.4 Å². The number of esters is 1. The molecule has 4 nitrogen and oxygen atoms in total. The van der Waals surface area contributed by atoms with Gasteiger partial charge in [-0.15, -0.1) is 0 Å². The third-order valence-electron chi connectivity index (χ3n) is 3.74. The molecule has 126 valence electrons. The summed E-state index contributed by atoms with van der Waals surface area (Å²) in [7, 11) is 0. The molecular weight excluding hydrogens is 309 g/mol. The molecule has 0 fully saturated rings. The minimum absolute atomic E-state index is 0.249. The van der Waals surface area contributed by atoms with Gasteiger partial charge in [-0.3, -0.25) is 9.59 Å². The summed E-state index contributed by atoms with van der Waals surface area (Å²) in [6.45, 7) is 3.40. The highest BCUT2D eigenvalue weighted by atomic mass is 19.1. The molecule has 1 N–H and O–H groups in total. The van der Waals surface area contributed by atoms with Gasteiger partial charge in [0.1, 0.15) is 5.82 Å². The third kappa shape index (κ3) is 4.65. The molecule has 24 heavy (non-hydrogen) atoms. The van der Waals surface area contributed by atoms with Gasteiger partial charge in [0.25, 0.3) is 5.91 Å². The molecule has 0 radical (unpaired) electrons. The Bertz CT molecular complexity index is 696. The summed E-state index contributed by atoms with van der Waals surface area (Å²) >= 11 is 0. The van der Waals surface area contributed by atoms with E-state index in [2.05, 4.69) is 5.32 Å². The smallest absolute Gasteiger partial charge is 0.316 e. The lowest BCUT2D eigenvalue weighted by atomic mass is 9.85. The maximum atomic E-state index is 12.8. The lowest BCUT2D eigenvalue weighted by Crippen LogP contribution is -2.35. The standard InChI is InChI=1S/C19H20FNO3/c1-19(2,15-6-4-3-5-7-15)18(23)24-13-17(22)21-12-14-8-10-16(20)11-9-14/h3-11H,12-13H2,1-2H3,(H,21,22). The first-order valence-corrected chi connectivity index (χ1v) is 7.63. The number of hydrogen-bond acceptors (Lipinski definition) is 3. The third-order valence-corrected chi connectivity index (χ3v) is 3.74. The molecule has 0 saturated heterocycles. The molecule has 0 spiro atoms. The average molecular weight is 329 g/mol. The van der Waals surface area contributed by atoms with Crippen LogP contribution in [0.25, 0.3) is 0 Å². The van der Waals surface area contributed by atoms with Gasteiger partial charge in [0.05, 0.1) is 5.41 Å². The summed E-state index contributed by atoms with van der Waals surface area (Å²) in [6.07, 6.45) is 0. The van der Waals surface area contributed by atoms with E-state index in [9.17, 15) is 14.0 Å². The number of benzene rings is 2. The number of amides is 1. The van der Waals surface area contributed by atoms with Crippen LogP contribution in [0.4, 0.5) is 4.39 Å². The Morgan fingerprint density at radius 2 is 1.67 bits per heavy atom. The van der Waals surface area contributed by atoms with Gasteiger partial charge in [-0.2, -0.15) is 0 Å². The van der Waals surface area contributed by atoms with Crippen molar-refractivity contribution in [3.05, 3.63) is 71.5 Å². The molecule has 0 bridgehead atoms. The number of halogens is 1. The van der Waals surface area contributed by atoms with E-state index in [1.165, 1.54) is 12.1 Å². The van der Waals surface area contributed by atoms with Crippen LogP contribution in [0.1, 0.15) is 25.0 Å². The van der Waals surface area contributed by atoms with Gasteiger partial charge in [-0.05, 0) is 37.1 Å². The molecule has 0 unspecified atom stereocenters. The van der Waals surface area contributed by atoms with Crippen LogP contribution in [0, 0.1) is 5.82 Å². The molecule has 0 heterocycles. The molecular formula is C19H20FNO3. The van der Waals surface area contributed by atoms with Crippen LogP contribution in [0.2, 0.25) is 0 Å². The van der Waals surface area contributed by atoms with Crippen molar-refractivity contribution < 1.29 is 18.7 Å². The summed E-state index contributed by atoms with van der Waals surface area (Å²) in [5, 5.41) is 2.63. The Morgan fingerprint density at radius 1 is 1.04 bits per heavy atom. The highest BCUT2D eigenvalue weighted by Crippen LogP contribution is 2.24. The van der Waals surface area contributed by atoms with Gasteiger partial charge < -0.3 is 10.1 Å². The highest BCUT2D eigenvalue weighted by molar-refractivity contribution is 5.85. The lowest BCUT2D eigenvalue weighted by molar-refractivity contribution is -0.153. The summed E-state index contributed by atoms with van der Waals surface area (Å²) in [5.41, 5.74) is 0.751. The van der Waals surface area contributed by atoms with Crippen molar-refractivity contribution in [1.29, 1.82) is 0 Å². The zero-order chi connectivity index (χ0) is 17.6. The second kappa shape index (κ2) is 7.73. The van der Waals surface area contributed by atoms with Gasteiger partial charge >= 0.3 is 5.97 Å². The van der Waals surface area contributed by atoms with Crippen LogP contribution in [-0.4, -0.2) is 18.5 Å². The van der Waals surface area contributed by atoms with E-state index in [4.69, 9.17) is 4.74 Å². The van der Waals surface area contributed by atoms with Gasteiger partial charge in [-0.25, -0.2) is 4.39 Å². The van der Waals surface area contributed by atoms with E-state index in [1.54, 1.807) is 26.0 Å². The van der Waals surface area contributed by atoms with E-state index in [-0.39, 0.29) is 19.0 Å². The Balaban J connectivity index is 1.82. The van der Waals surface area contributed by atoms with Crippen LogP contribution in [0.5, 0.6) is 0 Å². The fourth-order valence-corrected chi connectivity index (χ4v) is 2.14. The van der Waals surface area contributed by atoms with Crippen molar-refractivity contribution in [2.45, 2.75) is 25.8 Å². The van der Waals surface area contributed by atoms with Crippen LogP contribution in [0.15, 0.2) is 54.6 Å². The minimum Gasteiger partial charge on any atom is -0.455 e. The normalized spacial score (nSPS) is 11.0. The van der Waals surface area contributed by atoms with Crippen LogP contribution in [-0.2, 0) is 26.3 Å². The van der Waals surface area contributed by atoms with Crippen molar-refractivity contribution in [1.82, 2.24) is 5.32 Å². The molecule has 0 saturated carbocycles. The average Bonchev–Trinajstić information content (AvgIpc) is 2.59. The predicted molar refractivity (Wildman–Crippen MR) is 88.7 cm³/mol. The van der Waals surface area contributed by atoms with E-state index < -0.39 is 17.3 Å². The van der Waals surface area contributed by atoms with Crippen molar-refractivity contribution in [2.75, 3.05) is 6.61 Å². The van der Waals surface area contributed by atoms with Crippen LogP contribution < -0.4 is 5.32 Å². The van der Waals surface area contributed by atoms with Crippen molar-refractivity contribution in [3.8, 4) is 0 Å². The zero-order valence-electron chi connectivity index (χ0n) is 13.7. The summed E-state index contributed by atoms with van der Waals surface area (Å²) in [6, 6.07) is 15.1. The number of carbonyl (C=O) groups is 2. The van der Waals surface area contributed by atoms with Crippen molar-refractivity contribution >= 4 is 11.9 Å². The van der Waals surface area contributed by atoms with Crippen LogP contribution >= 0.6 is 0 Å². The number of hydrogen-bond donors (Lipinski definition) is 1. The van der Waals surface area contributed by atoms with Gasteiger partial charge in [0.15, 0.2) is 6.61 Å². The fourth-order valence-electron chi connectivity index (χ4n) is 2.14. The lowest BCUT2D eigenvalue weighted by Gasteiger charge is -2.22. The second-order valence-corrected chi connectivity index (χ2v) is 5.97. The maximum Gasteiger partial charge on any atom is 0.316 e. The van der Waals surface area contributed by atoms with Crippen LogP contribution in [0.3, 0.4) is 0 Å². The zero-order valence-corrected chi connectivity index (χ0v) is 13.7. The number of nitrogens with one attached hydrogen (secondary N) is 1. The Labute approximate surface area is 140 Å². The molecule has 0 aliphatic heterocycles.